The second-order valence-electron chi connectivity index (χ2n) is 5.90. The van der Waals surface area contributed by atoms with Gasteiger partial charge in [0.05, 0.1) is 5.69 Å². The van der Waals surface area contributed by atoms with Crippen LogP contribution in [0.5, 0.6) is 0 Å². The van der Waals surface area contributed by atoms with Gasteiger partial charge in [0.25, 0.3) is 0 Å². The van der Waals surface area contributed by atoms with Gasteiger partial charge in [-0.25, -0.2) is 4.79 Å². The van der Waals surface area contributed by atoms with Gasteiger partial charge in [-0.15, -0.1) is 0 Å². The number of anilines is 1. The number of carbonyl (C=O) groups excluding carboxylic acids is 2. The zero-order chi connectivity index (χ0) is 18.9. The Balaban J connectivity index is 1.76. The third-order valence-corrected chi connectivity index (χ3v) is 4.07. The van der Waals surface area contributed by atoms with Gasteiger partial charge < -0.3 is 16.0 Å². The van der Waals surface area contributed by atoms with Crippen LogP contribution >= 0.6 is 0 Å². The zero-order valence-corrected chi connectivity index (χ0v) is 14.7. The van der Waals surface area contributed by atoms with Crippen molar-refractivity contribution in [3.05, 3.63) is 90.0 Å². The van der Waals surface area contributed by atoms with Crippen molar-refractivity contribution in [3.8, 4) is 11.1 Å². The van der Waals surface area contributed by atoms with Gasteiger partial charge in [-0.1, -0.05) is 66.7 Å². The molecule has 0 saturated carbocycles. The molecule has 1 radical (unpaired) electrons. The van der Waals surface area contributed by atoms with Crippen LogP contribution in [-0.4, -0.2) is 12.4 Å². The number of benzene rings is 3. The van der Waals surface area contributed by atoms with Crippen molar-refractivity contribution in [1.29, 1.82) is 0 Å². The lowest BCUT2D eigenvalue weighted by Gasteiger charge is -2.15. The van der Waals surface area contributed by atoms with Crippen LogP contribution in [0.3, 0.4) is 0 Å². The SMILES string of the molecule is O=CNCc1[c]cccc1-c1ccccc1NC(=O)NCc1ccccc1. The number of rotatable bonds is 7. The highest BCUT2D eigenvalue weighted by molar-refractivity contribution is 5.94. The largest absolute Gasteiger partial charge is 0.355 e. The fraction of sp³-hybridized carbons (Fsp3) is 0.0909. The van der Waals surface area contributed by atoms with E-state index in [2.05, 4.69) is 22.0 Å². The zero-order valence-electron chi connectivity index (χ0n) is 14.7. The summed E-state index contributed by atoms with van der Waals surface area (Å²) < 4.78 is 0. The molecule has 5 heteroatoms. The Bertz CT molecular complexity index is 910. The van der Waals surface area contributed by atoms with Gasteiger partial charge in [0.15, 0.2) is 0 Å². The molecule has 0 heterocycles. The summed E-state index contributed by atoms with van der Waals surface area (Å²) >= 11 is 0. The van der Waals surface area contributed by atoms with Gasteiger partial charge in [0, 0.05) is 18.7 Å². The second-order valence-corrected chi connectivity index (χ2v) is 5.90. The minimum atomic E-state index is -0.279. The van der Waals surface area contributed by atoms with Crippen LogP contribution in [-0.2, 0) is 17.9 Å². The first kappa shape index (κ1) is 18.2. The van der Waals surface area contributed by atoms with E-state index in [4.69, 9.17) is 0 Å². The summed E-state index contributed by atoms with van der Waals surface area (Å²) in [5.74, 6) is 0. The number of hydrogen-bond donors (Lipinski definition) is 3. The van der Waals surface area contributed by atoms with Crippen LogP contribution in [0, 0.1) is 6.07 Å². The van der Waals surface area contributed by atoms with Crippen LogP contribution in [0.4, 0.5) is 10.5 Å². The van der Waals surface area contributed by atoms with Crippen molar-refractivity contribution in [3.63, 3.8) is 0 Å². The predicted molar refractivity (Wildman–Crippen MR) is 106 cm³/mol. The molecule has 3 amide bonds. The molecule has 27 heavy (non-hydrogen) atoms. The number of hydrogen-bond acceptors (Lipinski definition) is 2. The van der Waals surface area contributed by atoms with E-state index < -0.39 is 0 Å². The van der Waals surface area contributed by atoms with Gasteiger partial charge >= 0.3 is 6.03 Å². The lowest BCUT2D eigenvalue weighted by molar-refractivity contribution is -0.109. The number of urea groups is 1. The van der Waals surface area contributed by atoms with E-state index in [1.165, 1.54) is 0 Å². The lowest BCUT2D eigenvalue weighted by atomic mass is 9.98. The minimum absolute atomic E-state index is 0.279. The van der Waals surface area contributed by atoms with E-state index in [1.807, 2.05) is 66.7 Å². The maximum atomic E-state index is 12.3. The third kappa shape index (κ3) is 4.95. The monoisotopic (exact) mass is 358 g/mol. The normalized spacial score (nSPS) is 10.1. The molecule has 0 fully saturated rings. The fourth-order valence-corrected chi connectivity index (χ4v) is 2.79. The molecule has 0 aromatic heterocycles. The number of para-hydroxylation sites is 1. The van der Waals surface area contributed by atoms with Gasteiger partial charge in [-0.05, 0) is 28.8 Å². The minimum Gasteiger partial charge on any atom is -0.355 e. The molecule has 3 N–H and O–H groups in total. The Morgan fingerprint density at radius 1 is 0.889 bits per heavy atom. The van der Waals surface area contributed by atoms with Crippen LogP contribution < -0.4 is 16.0 Å². The molecular weight excluding hydrogens is 338 g/mol. The number of nitrogens with one attached hydrogen (secondary N) is 3. The first-order valence-corrected chi connectivity index (χ1v) is 8.62. The summed E-state index contributed by atoms with van der Waals surface area (Å²) in [6.45, 7) is 0.816. The van der Waals surface area contributed by atoms with Gasteiger partial charge in [0.1, 0.15) is 0 Å². The van der Waals surface area contributed by atoms with Gasteiger partial charge in [-0.3, -0.25) is 4.79 Å². The van der Waals surface area contributed by atoms with E-state index in [1.54, 1.807) is 6.07 Å². The predicted octanol–water partition coefficient (Wildman–Crippen LogP) is 3.72. The standard InChI is InChI=1S/C22H20N3O2/c26-16-23-15-18-10-4-5-11-19(18)20-12-6-7-13-21(20)25-22(27)24-14-17-8-2-1-3-9-17/h1-9,11-13,16H,14-15H2,(H,23,26)(H2,24,25,27). The Kier molecular flexibility index (Phi) is 6.20. The topological polar surface area (TPSA) is 70.2 Å². The summed E-state index contributed by atoms with van der Waals surface area (Å²) in [6, 6.07) is 25.8. The van der Waals surface area contributed by atoms with Crippen molar-refractivity contribution in [2.75, 3.05) is 5.32 Å². The van der Waals surface area contributed by atoms with Crippen molar-refractivity contribution in [2.45, 2.75) is 13.1 Å². The van der Waals surface area contributed by atoms with E-state index in [0.717, 1.165) is 22.3 Å². The summed E-state index contributed by atoms with van der Waals surface area (Å²) in [4.78, 5) is 23.0. The summed E-state index contributed by atoms with van der Waals surface area (Å²) in [5, 5.41) is 8.43. The average Bonchev–Trinajstić information content (AvgIpc) is 2.72. The molecule has 5 nitrogen and oxygen atoms in total. The molecule has 3 aromatic carbocycles. The Morgan fingerprint density at radius 2 is 1.63 bits per heavy atom. The first-order valence-electron chi connectivity index (χ1n) is 8.62. The van der Waals surface area contributed by atoms with Gasteiger partial charge in [-0.2, -0.15) is 0 Å². The molecule has 0 saturated heterocycles. The smallest absolute Gasteiger partial charge is 0.319 e. The molecule has 3 rings (SSSR count). The first-order chi connectivity index (χ1) is 13.3. The number of amides is 3. The molecule has 0 aliphatic rings. The molecular formula is C22H20N3O2. The van der Waals surface area contributed by atoms with Crippen molar-refractivity contribution in [1.82, 2.24) is 10.6 Å². The quantitative estimate of drug-likeness (QED) is 0.563. The van der Waals surface area contributed by atoms with Crippen molar-refractivity contribution >= 4 is 18.1 Å². The molecule has 0 unspecified atom stereocenters. The van der Waals surface area contributed by atoms with Crippen LogP contribution in [0.1, 0.15) is 11.1 Å². The van der Waals surface area contributed by atoms with Crippen molar-refractivity contribution in [2.24, 2.45) is 0 Å². The highest BCUT2D eigenvalue weighted by Crippen LogP contribution is 2.30. The molecule has 3 aromatic rings. The Labute approximate surface area is 158 Å². The fourth-order valence-electron chi connectivity index (χ4n) is 2.79. The molecule has 0 atom stereocenters. The molecule has 135 valence electrons. The van der Waals surface area contributed by atoms with Crippen molar-refractivity contribution < 1.29 is 9.59 Å². The van der Waals surface area contributed by atoms with E-state index in [9.17, 15) is 9.59 Å². The average molecular weight is 358 g/mol. The third-order valence-electron chi connectivity index (χ3n) is 4.07. The van der Waals surface area contributed by atoms with Crippen LogP contribution in [0.25, 0.3) is 11.1 Å². The summed E-state index contributed by atoms with van der Waals surface area (Å²) in [5.41, 5.74) is 4.34. The highest BCUT2D eigenvalue weighted by atomic mass is 16.2. The van der Waals surface area contributed by atoms with Gasteiger partial charge in [0.2, 0.25) is 6.41 Å². The van der Waals surface area contributed by atoms with Crippen LogP contribution in [0.2, 0.25) is 0 Å². The maximum absolute atomic E-state index is 12.3. The summed E-state index contributed by atoms with van der Waals surface area (Å²) in [7, 11) is 0. The molecule has 0 aliphatic carbocycles. The van der Waals surface area contributed by atoms with E-state index in [0.29, 0.717) is 25.2 Å². The lowest BCUT2D eigenvalue weighted by Crippen LogP contribution is -2.28. The Hall–Kier alpha value is -3.60. The summed E-state index contributed by atoms with van der Waals surface area (Å²) in [6.07, 6.45) is 0.659. The molecule has 0 bridgehead atoms. The molecule has 0 aliphatic heterocycles. The Morgan fingerprint density at radius 3 is 2.44 bits per heavy atom. The van der Waals surface area contributed by atoms with Crippen LogP contribution in [0.15, 0.2) is 72.8 Å². The molecule has 0 spiro atoms. The number of carbonyl (C=O) groups is 2. The second kappa shape index (κ2) is 9.20. The highest BCUT2D eigenvalue weighted by Gasteiger charge is 2.11. The van der Waals surface area contributed by atoms with E-state index >= 15 is 0 Å². The maximum Gasteiger partial charge on any atom is 0.319 e. The van der Waals surface area contributed by atoms with E-state index in [-0.39, 0.29) is 6.03 Å².